The van der Waals surface area contributed by atoms with Crippen molar-refractivity contribution in [1.82, 2.24) is 14.9 Å². The number of piperazine rings is 1. The molecule has 5 heteroatoms. The maximum absolute atomic E-state index is 5.73. The van der Waals surface area contributed by atoms with E-state index in [-0.39, 0.29) is 5.54 Å². The van der Waals surface area contributed by atoms with Gasteiger partial charge in [-0.05, 0) is 20.9 Å². The summed E-state index contributed by atoms with van der Waals surface area (Å²) in [6, 6.07) is 0. The molecular formula is C12H19ClN4. The van der Waals surface area contributed by atoms with Crippen LogP contribution < -0.4 is 4.90 Å². The molecule has 2 rings (SSSR count). The van der Waals surface area contributed by atoms with E-state index in [1.165, 1.54) is 0 Å². The Balaban J connectivity index is 2.12. The van der Waals surface area contributed by atoms with Gasteiger partial charge in [0.05, 0.1) is 5.88 Å². The number of anilines is 1. The Kier molecular flexibility index (Phi) is 3.54. The summed E-state index contributed by atoms with van der Waals surface area (Å²) < 4.78 is 0. The lowest BCUT2D eigenvalue weighted by Crippen LogP contribution is -2.58. The molecule has 0 atom stereocenters. The molecule has 0 saturated carbocycles. The number of nitrogens with zero attached hydrogens (tertiary/aromatic N) is 4. The molecule has 0 bridgehead atoms. The highest BCUT2D eigenvalue weighted by atomic mass is 35.5. The highest BCUT2D eigenvalue weighted by molar-refractivity contribution is 6.17. The fourth-order valence-corrected chi connectivity index (χ4v) is 2.13. The van der Waals surface area contributed by atoms with Gasteiger partial charge in [0.15, 0.2) is 0 Å². The molecule has 1 aromatic rings. The molecule has 0 radical (unpaired) electrons. The summed E-state index contributed by atoms with van der Waals surface area (Å²) in [5, 5.41) is 0. The zero-order valence-electron chi connectivity index (χ0n) is 10.6. The predicted molar refractivity (Wildman–Crippen MR) is 70.5 cm³/mol. The number of aromatic nitrogens is 2. The van der Waals surface area contributed by atoms with Crippen LogP contribution in [0.15, 0.2) is 12.4 Å². The van der Waals surface area contributed by atoms with E-state index in [1.54, 1.807) is 12.4 Å². The van der Waals surface area contributed by atoms with Gasteiger partial charge in [-0.3, -0.25) is 4.90 Å². The zero-order valence-corrected chi connectivity index (χ0v) is 11.4. The smallest absolute Gasteiger partial charge is 0.225 e. The molecule has 0 unspecified atom stereocenters. The van der Waals surface area contributed by atoms with Crippen LogP contribution >= 0.6 is 11.6 Å². The molecule has 0 aliphatic carbocycles. The van der Waals surface area contributed by atoms with Gasteiger partial charge < -0.3 is 4.90 Å². The summed E-state index contributed by atoms with van der Waals surface area (Å²) in [7, 11) is 2.16. The van der Waals surface area contributed by atoms with Crippen LogP contribution in [-0.2, 0) is 5.88 Å². The second-order valence-corrected chi connectivity index (χ2v) is 5.45. The molecule has 0 spiro atoms. The molecule has 4 nitrogen and oxygen atoms in total. The maximum Gasteiger partial charge on any atom is 0.225 e. The van der Waals surface area contributed by atoms with E-state index in [9.17, 15) is 0 Å². The van der Waals surface area contributed by atoms with E-state index >= 15 is 0 Å². The van der Waals surface area contributed by atoms with Gasteiger partial charge in [-0.2, -0.15) is 0 Å². The van der Waals surface area contributed by atoms with Crippen LogP contribution in [0.5, 0.6) is 0 Å². The molecule has 94 valence electrons. The summed E-state index contributed by atoms with van der Waals surface area (Å²) in [6.45, 7) is 7.44. The number of hydrogen-bond donors (Lipinski definition) is 0. The molecule has 1 aliphatic rings. The lowest BCUT2D eigenvalue weighted by molar-refractivity contribution is 0.138. The van der Waals surface area contributed by atoms with E-state index < -0.39 is 0 Å². The van der Waals surface area contributed by atoms with Crippen LogP contribution in [0.1, 0.15) is 19.4 Å². The van der Waals surface area contributed by atoms with Crippen molar-refractivity contribution >= 4 is 17.5 Å². The third-order valence-corrected chi connectivity index (χ3v) is 3.75. The van der Waals surface area contributed by atoms with Gasteiger partial charge in [-0.1, -0.05) is 0 Å². The molecule has 0 N–H and O–H groups in total. The SMILES string of the molecule is CN1CCN(c2ncc(CCl)cn2)CC1(C)C. The van der Waals surface area contributed by atoms with Gasteiger partial charge in [0.1, 0.15) is 0 Å². The van der Waals surface area contributed by atoms with Crippen LogP contribution in [0.4, 0.5) is 5.95 Å². The van der Waals surface area contributed by atoms with Gasteiger partial charge in [-0.15, -0.1) is 11.6 Å². The Hall–Kier alpha value is -0.870. The van der Waals surface area contributed by atoms with Gasteiger partial charge in [0.25, 0.3) is 0 Å². The first-order chi connectivity index (χ1) is 8.03. The van der Waals surface area contributed by atoms with Crippen LogP contribution in [0, 0.1) is 0 Å². The van der Waals surface area contributed by atoms with E-state index in [4.69, 9.17) is 11.6 Å². The van der Waals surface area contributed by atoms with Crippen molar-refractivity contribution in [3.8, 4) is 0 Å². The largest absolute Gasteiger partial charge is 0.338 e. The number of halogens is 1. The summed E-state index contributed by atoms with van der Waals surface area (Å²) in [5.74, 6) is 1.27. The van der Waals surface area contributed by atoms with Gasteiger partial charge in [-0.25, -0.2) is 9.97 Å². The van der Waals surface area contributed by atoms with Crippen molar-refractivity contribution in [2.45, 2.75) is 25.3 Å². The predicted octanol–water partition coefficient (Wildman–Crippen LogP) is 1.75. The standard InChI is InChI=1S/C12H19ClN4/c1-12(2)9-17(5-4-16(12)3)11-14-7-10(6-13)8-15-11/h7-8H,4-6,9H2,1-3H3. The minimum absolute atomic E-state index is 0.159. The first-order valence-corrected chi connectivity index (χ1v) is 6.39. The van der Waals surface area contributed by atoms with Crippen molar-refractivity contribution in [2.24, 2.45) is 0 Å². The topological polar surface area (TPSA) is 32.3 Å². The van der Waals surface area contributed by atoms with E-state index in [0.717, 1.165) is 31.1 Å². The van der Waals surface area contributed by atoms with Crippen molar-refractivity contribution in [1.29, 1.82) is 0 Å². The van der Waals surface area contributed by atoms with Crippen molar-refractivity contribution < 1.29 is 0 Å². The third kappa shape index (κ3) is 2.69. The van der Waals surface area contributed by atoms with Crippen LogP contribution in [-0.4, -0.2) is 47.1 Å². The number of alkyl halides is 1. The lowest BCUT2D eigenvalue weighted by atomic mass is 10.0. The Morgan fingerprint density at radius 1 is 1.29 bits per heavy atom. The summed E-state index contributed by atoms with van der Waals surface area (Å²) >= 11 is 5.73. The Labute approximate surface area is 108 Å². The minimum atomic E-state index is 0.159. The normalized spacial score (nSPS) is 20.6. The van der Waals surface area contributed by atoms with Gasteiger partial charge in [0.2, 0.25) is 5.95 Å². The summed E-state index contributed by atoms with van der Waals surface area (Å²) in [6.07, 6.45) is 3.61. The second kappa shape index (κ2) is 4.78. The quantitative estimate of drug-likeness (QED) is 0.753. The molecule has 1 aliphatic heterocycles. The number of hydrogen-bond acceptors (Lipinski definition) is 4. The first-order valence-electron chi connectivity index (χ1n) is 5.86. The van der Waals surface area contributed by atoms with E-state index in [0.29, 0.717) is 5.88 Å². The first kappa shape index (κ1) is 12.6. The lowest BCUT2D eigenvalue weighted by Gasteiger charge is -2.45. The minimum Gasteiger partial charge on any atom is -0.338 e. The Morgan fingerprint density at radius 2 is 1.94 bits per heavy atom. The molecule has 0 amide bonds. The number of likely N-dealkylation sites (N-methyl/N-ethyl adjacent to an activating group) is 1. The highest BCUT2D eigenvalue weighted by Gasteiger charge is 2.31. The number of rotatable bonds is 2. The molecule has 2 heterocycles. The fraction of sp³-hybridized carbons (Fsp3) is 0.667. The highest BCUT2D eigenvalue weighted by Crippen LogP contribution is 2.21. The zero-order chi connectivity index (χ0) is 12.5. The monoisotopic (exact) mass is 254 g/mol. The van der Waals surface area contributed by atoms with Crippen LogP contribution in [0.25, 0.3) is 0 Å². The molecule has 1 aromatic heterocycles. The fourth-order valence-electron chi connectivity index (χ4n) is 1.99. The van der Waals surface area contributed by atoms with Crippen LogP contribution in [0.2, 0.25) is 0 Å². The summed E-state index contributed by atoms with van der Waals surface area (Å²) in [4.78, 5) is 13.4. The van der Waals surface area contributed by atoms with Crippen molar-refractivity contribution in [3.63, 3.8) is 0 Å². The third-order valence-electron chi connectivity index (χ3n) is 3.45. The van der Waals surface area contributed by atoms with Crippen molar-refractivity contribution in [2.75, 3.05) is 31.6 Å². The molecular weight excluding hydrogens is 236 g/mol. The van der Waals surface area contributed by atoms with E-state index in [1.807, 2.05) is 0 Å². The van der Waals surface area contributed by atoms with Gasteiger partial charge >= 0.3 is 0 Å². The molecule has 1 saturated heterocycles. The molecule has 1 fully saturated rings. The summed E-state index contributed by atoms with van der Waals surface area (Å²) in [5.41, 5.74) is 1.12. The Bertz CT molecular complexity index is 377. The van der Waals surface area contributed by atoms with E-state index in [2.05, 4.69) is 40.7 Å². The second-order valence-electron chi connectivity index (χ2n) is 5.18. The average Bonchev–Trinajstić information content (AvgIpc) is 2.33. The molecule has 17 heavy (non-hydrogen) atoms. The Morgan fingerprint density at radius 3 is 2.47 bits per heavy atom. The maximum atomic E-state index is 5.73. The molecule has 0 aromatic carbocycles. The van der Waals surface area contributed by atoms with Crippen molar-refractivity contribution in [3.05, 3.63) is 18.0 Å². The average molecular weight is 255 g/mol. The van der Waals surface area contributed by atoms with Gasteiger partial charge in [0, 0.05) is 43.1 Å². The van der Waals surface area contributed by atoms with Crippen LogP contribution in [0.3, 0.4) is 0 Å².